The summed E-state index contributed by atoms with van der Waals surface area (Å²) in [6.45, 7) is 0.686. The van der Waals surface area contributed by atoms with Gasteiger partial charge in [-0.25, -0.2) is 15.0 Å². The van der Waals surface area contributed by atoms with Crippen LogP contribution in [0.5, 0.6) is 0 Å². The van der Waals surface area contributed by atoms with Crippen LogP contribution in [-0.4, -0.2) is 25.4 Å². The van der Waals surface area contributed by atoms with Gasteiger partial charge in [0.2, 0.25) is 0 Å². The number of hydrogen-bond donors (Lipinski definition) is 0. The molecule has 20 heavy (non-hydrogen) atoms. The molecular weight excluding hydrogens is 387 g/mol. The van der Waals surface area contributed by atoms with Crippen molar-refractivity contribution in [3.8, 4) is 0 Å². The third-order valence-corrected chi connectivity index (χ3v) is 3.93. The molecule has 0 unspecified atom stereocenters. The third kappa shape index (κ3) is 2.78. The summed E-state index contributed by atoms with van der Waals surface area (Å²) in [5.41, 5.74) is 3.09. The molecule has 0 saturated heterocycles. The van der Waals surface area contributed by atoms with Crippen LogP contribution in [0, 0.1) is 3.57 Å². The monoisotopic (exact) mass is 398 g/mol. The van der Waals surface area contributed by atoms with E-state index in [1.807, 2.05) is 6.07 Å². The van der Waals surface area contributed by atoms with E-state index in [9.17, 15) is 0 Å². The first-order valence-corrected chi connectivity index (χ1v) is 7.85. The molecule has 2 aromatic heterocycles. The molecular formula is C14H12ClIN4. The maximum Gasteiger partial charge on any atom is 0.115 e. The van der Waals surface area contributed by atoms with E-state index in [1.54, 1.807) is 12.5 Å². The Hall–Kier alpha value is -1.21. The van der Waals surface area contributed by atoms with Gasteiger partial charge in [0.15, 0.2) is 0 Å². The predicted molar refractivity (Wildman–Crippen MR) is 88.0 cm³/mol. The summed E-state index contributed by atoms with van der Waals surface area (Å²) < 4.78 is 3.36. The molecule has 0 spiro atoms. The Labute approximate surface area is 135 Å². The molecule has 0 aliphatic rings. The highest BCUT2D eigenvalue weighted by molar-refractivity contribution is 14.1. The highest BCUT2D eigenvalue weighted by Gasteiger charge is 2.11. The molecule has 0 amide bonds. The van der Waals surface area contributed by atoms with Crippen LogP contribution in [0.25, 0.3) is 11.0 Å². The Balaban J connectivity index is 2.09. The quantitative estimate of drug-likeness (QED) is 0.500. The van der Waals surface area contributed by atoms with Gasteiger partial charge in [-0.15, -0.1) is 11.6 Å². The smallest absolute Gasteiger partial charge is 0.115 e. The van der Waals surface area contributed by atoms with Gasteiger partial charge >= 0.3 is 0 Å². The second kappa shape index (κ2) is 6.05. The van der Waals surface area contributed by atoms with Gasteiger partial charge in [0.05, 0.1) is 23.3 Å². The van der Waals surface area contributed by atoms with E-state index in [4.69, 9.17) is 11.6 Å². The fourth-order valence-corrected chi connectivity index (χ4v) is 2.82. The molecule has 4 nitrogen and oxygen atoms in total. The number of hydrogen-bond acceptors (Lipinski definition) is 3. The lowest BCUT2D eigenvalue weighted by atomic mass is 10.3. The largest absolute Gasteiger partial charge is 0.322 e. The van der Waals surface area contributed by atoms with Crippen molar-refractivity contribution in [1.29, 1.82) is 0 Å². The molecule has 102 valence electrons. The molecule has 0 saturated carbocycles. The number of imidazole rings is 1. The van der Waals surface area contributed by atoms with Crippen molar-refractivity contribution >= 4 is 45.2 Å². The first-order valence-electron chi connectivity index (χ1n) is 6.23. The SMILES string of the molecule is ClCCc1nc2cc(I)ccc2n1Cc1ccncn1. The van der Waals surface area contributed by atoms with Crippen LogP contribution in [-0.2, 0) is 13.0 Å². The van der Waals surface area contributed by atoms with Crippen LogP contribution < -0.4 is 0 Å². The summed E-state index contributed by atoms with van der Waals surface area (Å²) in [4.78, 5) is 12.9. The lowest BCUT2D eigenvalue weighted by Gasteiger charge is -2.07. The van der Waals surface area contributed by atoms with Gasteiger partial charge in [-0.2, -0.15) is 0 Å². The van der Waals surface area contributed by atoms with Gasteiger partial charge in [0.1, 0.15) is 12.2 Å². The topological polar surface area (TPSA) is 43.6 Å². The normalized spacial score (nSPS) is 11.1. The second-order valence-electron chi connectivity index (χ2n) is 4.39. The van der Waals surface area contributed by atoms with Crippen LogP contribution in [0.15, 0.2) is 36.8 Å². The molecule has 0 fully saturated rings. The van der Waals surface area contributed by atoms with Gasteiger partial charge < -0.3 is 4.57 Å². The van der Waals surface area contributed by atoms with Crippen LogP contribution >= 0.6 is 34.2 Å². The average Bonchev–Trinajstić information content (AvgIpc) is 2.77. The van der Waals surface area contributed by atoms with E-state index in [-0.39, 0.29) is 0 Å². The second-order valence-corrected chi connectivity index (χ2v) is 6.01. The maximum atomic E-state index is 5.89. The van der Waals surface area contributed by atoms with Crippen molar-refractivity contribution in [2.24, 2.45) is 0 Å². The highest BCUT2D eigenvalue weighted by atomic mass is 127. The molecule has 0 atom stereocenters. The number of aromatic nitrogens is 4. The van der Waals surface area contributed by atoms with Gasteiger partial charge in [-0.05, 0) is 46.9 Å². The van der Waals surface area contributed by atoms with Crippen molar-refractivity contribution < 1.29 is 0 Å². The highest BCUT2D eigenvalue weighted by Crippen LogP contribution is 2.20. The molecule has 1 aromatic carbocycles. The number of benzene rings is 1. The minimum Gasteiger partial charge on any atom is -0.322 e. The first-order chi connectivity index (χ1) is 9.78. The minimum absolute atomic E-state index is 0.560. The molecule has 0 aliphatic carbocycles. The zero-order valence-corrected chi connectivity index (χ0v) is 13.5. The van der Waals surface area contributed by atoms with Crippen LogP contribution in [0.4, 0.5) is 0 Å². The maximum absolute atomic E-state index is 5.89. The fraction of sp³-hybridized carbons (Fsp3) is 0.214. The molecule has 3 aromatic rings. The van der Waals surface area contributed by atoms with Crippen molar-refractivity contribution in [2.75, 3.05) is 5.88 Å². The van der Waals surface area contributed by atoms with Crippen LogP contribution in [0.3, 0.4) is 0 Å². The lowest BCUT2D eigenvalue weighted by Crippen LogP contribution is -2.07. The summed E-state index contributed by atoms with van der Waals surface area (Å²) in [5.74, 6) is 1.56. The Kier molecular flexibility index (Phi) is 4.16. The number of alkyl halides is 1. The van der Waals surface area contributed by atoms with Crippen molar-refractivity contribution in [2.45, 2.75) is 13.0 Å². The molecule has 6 heteroatoms. The van der Waals surface area contributed by atoms with Gasteiger partial charge in [0.25, 0.3) is 0 Å². The number of nitrogens with zero attached hydrogens (tertiary/aromatic N) is 4. The van der Waals surface area contributed by atoms with Crippen LogP contribution in [0.1, 0.15) is 11.5 Å². The number of rotatable bonds is 4. The van der Waals surface area contributed by atoms with Gasteiger partial charge in [-0.1, -0.05) is 0 Å². The van der Waals surface area contributed by atoms with E-state index < -0.39 is 0 Å². The summed E-state index contributed by atoms with van der Waals surface area (Å²) >= 11 is 8.19. The standard InChI is InChI=1S/C14H12ClIN4/c15-5-3-14-19-12-7-10(16)1-2-13(12)20(14)8-11-4-6-17-9-18-11/h1-2,4,6-7,9H,3,5,8H2. The average molecular weight is 399 g/mol. The Bertz CT molecular complexity index is 727. The van der Waals surface area contributed by atoms with Crippen molar-refractivity contribution in [1.82, 2.24) is 19.5 Å². The molecule has 0 N–H and O–H groups in total. The van der Waals surface area contributed by atoms with Gasteiger partial charge in [-0.3, -0.25) is 0 Å². The molecule has 3 rings (SSSR count). The predicted octanol–water partition coefficient (Wildman–Crippen LogP) is 3.26. The fourth-order valence-electron chi connectivity index (χ4n) is 2.18. The first kappa shape index (κ1) is 13.8. The Morgan fingerprint density at radius 1 is 1.25 bits per heavy atom. The summed E-state index contributed by atoms with van der Waals surface area (Å²) in [6.07, 6.45) is 4.07. The van der Waals surface area contributed by atoms with Crippen molar-refractivity contribution in [3.05, 3.63) is 51.9 Å². The van der Waals surface area contributed by atoms with E-state index >= 15 is 0 Å². The molecule has 0 radical (unpaired) electrons. The summed E-state index contributed by atoms with van der Waals surface area (Å²) in [6, 6.07) is 8.20. The van der Waals surface area contributed by atoms with Gasteiger partial charge in [0, 0.05) is 22.1 Å². The molecule has 0 aliphatic heterocycles. The molecule has 0 bridgehead atoms. The zero-order valence-electron chi connectivity index (χ0n) is 10.6. The summed E-state index contributed by atoms with van der Waals surface area (Å²) in [5, 5.41) is 0. The van der Waals surface area contributed by atoms with Crippen molar-refractivity contribution in [3.63, 3.8) is 0 Å². The summed E-state index contributed by atoms with van der Waals surface area (Å²) in [7, 11) is 0. The van der Waals surface area contributed by atoms with E-state index in [2.05, 4.69) is 60.3 Å². The Morgan fingerprint density at radius 2 is 2.15 bits per heavy atom. The minimum atomic E-state index is 0.560. The zero-order chi connectivity index (χ0) is 13.9. The van der Waals surface area contributed by atoms with Crippen LogP contribution in [0.2, 0.25) is 0 Å². The van der Waals surface area contributed by atoms with E-state index in [0.717, 1.165) is 29.0 Å². The Morgan fingerprint density at radius 3 is 2.90 bits per heavy atom. The van der Waals surface area contributed by atoms with E-state index in [1.165, 1.54) is 3.57 Å². The number of aryl methyl sites for hydroxylation is 1. The van der Waals surface area contributed by atoms with E-state index in [0.29, 0.717) is 12.4 Å². The molecule has 2 heterocycles. The number of halogens is 2. The number of fused-ring (bicyclic) bond motifs is 1. The third-order valence-electron chi connectivity index (χ3n) is 3.07. The lowest BCUT2D eigenvalue weighted by molar-refractivity contribution is 0.735.